The first-order valence-electron chi connectivity index (χ1n) is 6.03. The van der Waals surface area contributed by atoms with Crippen molar-refractivity contribution in [2.24, 2.45) is 5.92 Å². The minimum atomic E-state index is -0.195. The van der Waals surface area contributed by atoms with E-state index in [9.17, 15) is 4.79 Å². The number of rotatable bonds is 9. The number of unbranched alkanes of at least 4 members (excludes halogenated alkanes) is 2. The first-order chi connectivity index (χ1) is 7.61. The van der Waals surface area contributed by atoms with Crippen molar-refractivity contribution in [3.05, 3.63) is 0 Å². The van der Waals surface area contributed by atoms with E-state index in [-0.39, 0.29) is 18.6 Å². The first-order valence-corrected chi connectivity index (χ1v) is 6.03. The van der Waals surface area contributed by atoms with Crippen molar-refractivity contribution in [1.82, 2.24) is 5.32 Å². The predicted octanol–water partition coefficient (Wildman–Crippen LogP) is 1.33. The molecule has 0 heterocycles. The molecule has 16 heavy (non-hydrogen) atoms. The molecule has 0 fully saturated rings. The molecule has 0 spiro atoms. The third-order valence-corrected chi connectivity index (χ3v) is 2.42. The SMILES string of the molecule is COC(=O)C(CC(C)C)NCCCCCO. The molecule has 2 N–H and O–H groups in total. The van der Waals surface area contributed by atoms with Gasteiger partial charge < -0.3 is 15.2 Å². The zero-order chi connectivity index (χ0) is 12.4. The number of carbonyl (C=O) groups excluding carboxylic acids is 1. The Balaban J connectivity index is 3.79. The van der Waals surface area contributed by atoms with Crippen molar-refractivity contribution in [2.75, 3.05) is 20.3 Å². The quantitative estimate of drug-likeness (QED) is 0.464. The second kappa shape index (κ2) is 9.60. The van der Waals surface area contributed by atoms with Gasteiger partial charge in [0.05, 0.1) is 7.11 Å². The summed E-state index contributed by atoms with van der Waals surface area (Å²) in [6.07, 6.45) is 3.59. The van der Waals surface area contributed by atoms with Gasteiger partial charge in [-0.3, -0.25) is 4.79 Å². The van der Waals surface area contributed by atoms with Gasteiger partial charge in [0.1, 0.15) is 6.04 Å². The summed E-state index contributed by atoms with van der Waals surface area (Å²) in [6.45, 7) is 5.21. The summed E-state index contributed by atoms with van der Waals surface area (Å²) in [5.74, 6) is 0.282. The highest BCUT2D eigenvalue weighted by Gasteiger charge is 2.19. The van der Waals surface area contributed by atoms with E-state index in [1.54, 1.807) is 0 Å². The van der Waals surface area contributed by atoms with Gasteiger partial charge in [0.15, 0.2) is 0 Å². The van der Waals surface area contributed by atoms with E-state index in [4.69, 9.17) is 9.84 Å². The van der Waals surface area contributed by atoms with Gasteiger partial charge in [0.25, 0.3) is 0 Å². The summed E-state index contributed by atoms with van der Waals surface area (Å²) >= 11 is 0. The van der Waals surface area contributed by atoms with E-state index in [0.29, 0.717) is 5.92 Å². The van der Waals surface area contributed by atoms with Crippen LogP contribution in [0.25, 0.3) is 0 Å². The number of methoxy groups -OCH3 is 1. The Morgan fingerprint density at radius 2 is 2.00 bits per heavy atom. The second-order valence-corrected chi connectivity index (χ2v) is 4.44. The van der Waals surface area contributed by atoms with Gasteiger partial charge in [-0.15, -0.1) is 0 Å². The van der Waals surface area contributed by atoms with Crippen molar-refractivity contribution in [1.29, 1.82) is 0 Å². The standard InChI is InChI=1S/C12H25NO3/c1-10(2)9-11(12(15)16-3)13-7-5-4-6-8-14/h10-11,13-14H,4-9H2,1-3H3. The Morgan fingerprint density at radius 3 is 2.50 bits per heavy atom. The Bertz CT molecular complexity index is 183. The lowest BCUT2D eigenvalue weighted by molar-refractivity contribution is -0.143. The van der Waals surface area contributed by atoms with E-state index in [1.165, 1.54) is 7.11 Å². The van der Waals surface area contributed by atoms with Crippen LogP contribution in [0.2, 0.25) is 0 Å². The molecule has 0 saturated heterocycles. The molecule has 4 nitrogen and oxygen atoms in total. The maximum absolute atomic E-state index is 11.4. The third-order valence-electron chi connectivity index (χ3n) is 2.42. The van der Waals surface area contributed by atoms with Crippen molar-refractivity contribution in [2.45, 2.75) is 45.6 Å². The molecule has 0 saturated carbocycles. The number of ether oxygens (including phenoxy) is 1. The smallest absolute Gasteiger partial charge is 0.322 e. The topological polar surface area (TPSA) is 58.6 Å². The van der Waals surface area contributed by atoms with Crippen LogP contribution in [0.1, 0.15) is 39.5 Å². The molecule has 4 heteroatoms. The van der Waals surface area contributed by atoms with Crippen LogP contribution in [-0.4, -0.2) is 37.4 Å². The molecule has 1 unspecified atom stereocenters. The van der Waals surface area contributed by atoms with E-state index in [2.05, 4.69) is 19.2 Å². The third kappa shape index (κ3) is 7.65. The number of carbonyl (C=O) groups is 1. The van der Waals surface area contributed by atoms with Crippen LogP contribution in [0.15, 0.2) is 0 Å². The maximum atomic E-state index is 11.4. The van der Waals surface area contributed by atoms with Gasteiger partial charge in [-0.25, -0.2) is 0 Å². The van der Waals surface area contributed by atoms with Crippen LogP contribution < -0.4 is 5.32 Å². The van der Waals surface area contributed by atoms with Crippen molar-refractivity contribution in [3.63, 3.8) is 0 Å². The summed E-state index contributed by atoms with van der Waals surface area (Å²) in [5, 5.41) is 11.8. The minimum absolute atomic E-state index is 0.184. The van der Waals surface area contributed by atoms with Gasteiger partial charge in [0.2, 0.25) is 0 Å². The summed E-state index contributed by atoms with van der Waals surface area (Å²) in [7, 11) is 1.42. The second-order valence-electron chi connectivity index (χ2n) is 4.44. The molecule has 0 aliphatic carbocycles. The van der Waals surface area contributed by atoms with E-state index in [0.717, 1.165) is 32.2 Å². The highest BCUT2D eigenvalue weighted by molar-refractivity contribution is 5.75. The number of hydrogen-bond donors (Lipinski definition) is 2. The minimum Gasteiger partial charge on any atom is -0.468 e. The monoisotopic (exact) mass is 231 g/mol. The van der Waals surface area contributed by atoms with Crippen LogP contribution in [0.3, 0.4) is 0 Å². The predicted molar refractivity (Wildman–Crippen MR) is 64.2 cm³/mol. The van der Waals surface area contributed by atoms with E-state index in [1.807, 2.05) is 0 Å². The lowest BCUT2D eigenvalue weighted by Gasteiger charge is -2.18. The zero-order valence-electron chi connectivity index (χ0n) is 10.7. The zero-order valence-corrected chi connectivity index (χ0v) is 10.7. The average Bonchev–Trinajstić information content (AvgIpc) is 2.25. The molecular weight excluding hydrogens is 206 g/mol. The Hall–Kier alpha value is -0.610. The maximum Gasteiger partial charge on any atom is 0.322 e. The van der Waals surface area contributed by atoms with Gasteiger partial charge in [0, 0.05) is 6.61 Å². The van der Waals surface area contributed by atoms with Crippen LogP contribution in [0, 0.1) is 5.92 Å². The molecule has 0 aliphatic rings. The Kier molecular flexibility index (Phi) is 9.24. The van der Waals surface area contributed by atoms with Crippen molar-refractivity contribution in [3.8, 4) is 0 Å². The molecule has 0 rings (SSSR count). The molecule has 0 aromatic heterocycles. The molecule has 0 radical (unpaired) electrons. The van der Waals surface area contributed by atoms with Crippen LogP contribution in [-0.2, 0) is 9.53 Å². The molecule has 0 bridgehead atoms. The normalized spacial score (nSPS) is 12.8. The molecular formula is C12H25NO3. The van der Waals surface area contributed by atoms with Gasteiger partial charge in [-0.2, -0.15) is 0 Å². The molecule has 0 aromatic carbocycles. The largest absolute Gasteiger partial charge is 0.468 e. The van der Waals surface area contributed by atoms with Crippen molar-refractivity contribution < 1.29 is 14.6 Å². The first kappa shape index (κ1) is 15.4. The lowest BCUT2D eigenvalue weighted by atomic mass is 10.0. The molecule has 0 amide bonds. The molecule has 1 atom stereocenters. The number of aliphatic hydroxyl groups excluding tert-OH is 1. The van der Waals surface area contributed by atoms with Crippen molar-refractivity contribution >= 4 is 5.97 Å². The van der Waals surface area contributed by atoms with Crippen LogP contribution in [0.4, 0.5) is 0 Å². The number of hydrogen-bond acceptors (Lipinski definition) is 4. The van der Waals surface area contributed by atoms with Gasteiger partial charge in [-0.05, 0) is 38.1 Å². The number of aliphatic hydroxyl groups is 1. The fourth-order valence-corrected chi connectivity index (χ4v) is 1.57. The highest BCUT2D eigenvalue weighted by atomic mass is 16.5. The summed E-state index contributed by atoms with van der Waals surface area (Å²) in [6, 6.07) is -0.195. The fourth-order valence-electron chi connectivity index (χ4n) is 1.57. The molecule has 0 aliphatic heterocycles. The number of esters is 1. The van der Waals surface area contributed by atoms with E-state index >= 15 is 0 Å². The summed E-state index contributed by atoms with van der Waals surface area (Å²) in [4.78, 5) is 11.4. The van der Waals surface area contributed by atoms with Gasteiger partial charge >= 0.3 is 5.97 Å². The van der Waals surface area contributed by atoms with Crippen LogP contribution >= 0.6 is 0 Å². The Morgan fingerprint density at radius 1 is 1.31 bits per heavy atom. The lowest BCUT2D eigenvalue weighted by Crippen LogP contribution is -2.39. The average molecular weight is 231 g/mol. The van der Waals surface area contributed by atoms with Gasteiger partial charge in [-0.1, -0.05) is 13.8 Å². The summed E-state index contributed by atoms with van der Waals surface area (Å²) in [5.41, 5.74) is 0. The van der Waals surface area contributed by atoms with Crippen LogP contribution in [0.5, 0.6) is 0 Å². The molecule has 96 valence electrons. The fraction of sp³-hybridized carbons (Fsp3) is 0.917. The molecule has 0 aromatic rings. The summed E-state index contributed by atoms with van der Waals surface area (Å²) < 4.78 is 4.75. The van der Waals surface area contributed by atoms with E-state index < -0.39 is 0 Å². The number of nitrogens with one attached hydrogen (secondary N) is 1. The Labute approximate surface area is 98.4 Å². The highest BCUT2D eigenvalue weighted by Crippen LogP contribution is 2.06.